The second-order valence-electron chi connectivity index (χ2n) is 6.33. The summed E-state index contributed by atoms with van der Waals surface area (Å²) in [5, 5.41) is 6.21. The van der Waals surface area contributed by atoms with Gasteiger partial charge in [0.1, 0.15) is 12.4 Å². The number of nitrogens with two attached hydrogens (primary N) is 1. The van der Waals surface area contributed by atoms with E-state index in [2.05, 4.69) is 25.5 Å². The number of nitrogens with zero attached hydrogens (tertiary/aromatic N) is 3. The molecule has 1 atom stereocenters. The van der Waals surface area contributed by atoms with Gasteiger partial charge < -0.3 is 15.8 Å². The molecule has 1 aliphatic heterocycles. The molecule has 1 fully saturated rings. The van der Waals surface area contributed by atoms with Gasteiger partial charge in [-0.2, -0.15) is 11.8 Å². The predicted octanol–water partition coefficient (Wildman–Crippen LogP) is 2.79. The zero-order valence-electron chi connectivity index (χ0n) is 15.5. The molecule has 28 heavy (non-hydrogen) atoms. The van der Waals surface area contributed by atoms with Gasteiger partial charge in [-0.25, -0.2) is 9.78 Å². The Bertz CT molecular complexity index is 807. The van der Waals surface area contributed by atoms with Crippen molar-refractivity contribution in [1.82, 2.24) is 14.9 Å². The maximum absolute atomic E-state index is 12.3. The first-order valence-electron chi connectivity index (χ1n) is 8.86. The normalized spacial score (nSPS) is 17.2. The number of amides is 2. The largest absolute Gasteiger partial charge is 0.490 e. The fraction of sp³-hybridized carbons (Fsp3) is 0.389. The summed E-state index contributed by atoms with van der Waals surface area (Å²) in [5.41, 5.74) is 6.99. The van der Waals surface area contributed by atoms with Gasteiger partial charge in [0.15, 0.2) is 5.82 Å². The van der Waals surface area contributed by atoms with Gasteiger partial charge >= 0.3 is 6.03 Å². The van der Waals surface area contributed by atoms with E-state index in [1.165, 1.54) is 6.20 Å². The van der Waals surface area contributed by atoms with Gasteiger partial charge in [-0.3, -0.25) is 15.2 Å². The summed E-state index contributed by atoms with van der Waals surface area (Å²) in [6.07, 6.45) is 3.07. The zero-order chi connectivity index (χ0) is 19.9. The van der Waals surface area contributed by atoms with Crippen LogP contribution in [-0.4, -0.2) is 58.3 Å². The van der Waals surface area contributed by atoms with Crippen LogP contribution in [-0.2, 0) is 0 Å². The number of nitrogens with one attached hydrogen (secondary N) is 2. The number of urea groups is 1. The zero-order valence-corrected chi connectivity index (χ0v) is 17.1. The standard InChI is InChI=1S/C18H23ClN6O2S/c1-12-7-22-17(8-21-12)24-18(26)23-15-6-13(19)2-3-16(15)27-10-14-9-25(11-20)4-5-28-14/h2-3,6-8,14H,4-5,9-11,20H2,1H3,(H2,22,23,24,26). The van der Waals surface area contributed by atoms with Crippen LogP contribution in [0.1, 0.15) is 5.69 Å². The van der Waals surface area contributed by atoms with Crippen molar-refractivity contribution in [3.63, 3.8) is 0 Å². The van der Waals surface area contributed by atoms with Gasteiger partial charge in [-0.1, -0.05) is 11.6 Å². The molecule has 2 heterocycles. The molecule has 0 saturated carbocycles. The van der Waals surface area contributed by atoms with Crippen LogP contribution >= 0.6 is 23.4 Å². The van der Waals surface area contributed by atoms with Gasteiger partial charge in [0.2, 0.25) is 0 Å². The molecule has 2 amide bonds. The molecule has 10 heteroatoms. The highest BCUT2D eigenvalue weighted by molar-refractivity contribution is 8.00. The molecule has 0 radical (unpaired) electrons. The van der Waals surface area contributed by atoms with Gasteiger partial charge in [-0.15, -0.1) is 0 Å². The average Bonchev–Trinajstić information content (AvgIpc) is 2.69. The molecule has 0 bridgehead atoms. The molecule has 0 aliphatic carbocycles. The predicted molar refractivity (Wildman–Crippen MR) is 113 cm³/mol. The fourth-order valence-electron chi connectivity index (χ4n) is 2.68. The van der Waals surface area contributed by atoms with Gasteiger partial charge in [0.25, 0.3) is 0 Å². The summed E-state index contributed by atoms with van der Waals surface area (Å²) < 4.78 is 5.97. The number of carbonyl (C=O) groups is 1. The monoisotopic (exact) mass is 422 g/mol. The molecule has 1 saturated heterocycles. The number of benzene rings is 1. The van der Waals surface area contributed by atoms with Gasteiger partial charge in [0.05, 0.1) is 29.0 Å². The lowest BCUT2D eigenvalue weighted by atomic mass is 10.3. The number of halogens is 1. The molecule has 2 aromatic rings. The van der Waals surface area contributed by atoms with Crippen molar-refractivity contribution in [3.05, 3.63) is 41.3 Å². The van der Waals surface area contributed by atoms with E-state index in [-0.39, 0.29) is 0 Å². The minimum absolute atomic E-state index is 0.317. The highest BCUT2D eigenvalue weighted by Gasteiger charge is 2.20. The van der Waals surface area contributed by atoms with Crippen molar-refractivity contribution in [3.8, 4) is 5.75 Å². The van der Waals surface area contributed by atoms with E-state index in [4.69, 9.17) is 22.1 Å². The molecule has 1 aliphatic rings. The molecular weight excluding hydrogens is 400 g/mol. The van der Waals surface area contributed by atoms with Crippen LogP contribution in [0.3, 0.4) is 0 Å². The number of carbonyl (C=O) groups excluding carboxylic acids is 1. The van der Waals surface area contributed by atoms with Crippen LogP contribution in [0.2, 0.25) is 5.02 Å². The summed E-state index contributed by atoms with van der Waals surface area (Å²) >= 11 is 7.95. The third-order valence-corrected chi connectivity index (χ3v) is 5.53. The quantitative estimate of drug-likeness (QED) is 0.657. The van der Waals surface area contributed by atoms with Crippen LogP contribution in [0, 0.1) is 6.92 Å². The number of hydrogen-bond donors (Lipinski definition) is 3. The second-order valence-corrected chi connectivity index (χ2v) is 8.17. The van der Waals surface area contributed by atoms with Gasteiger partial charge in [-0.05, 0) is 25.1 Å². The lowest BCUT2D eigenvalue weighted by Crippen LogP contribution is -2.43. The fourth-order valence-corrected chi connectivity index (χ4v) is 4.03. The van der Waals surface area contributed by atoms with E-state index < -0.39 is 6.03 Å². The molecule has 3 rings (SSSR count). The van der Waals surface area contributed by atoms with E-state index >= 15 is 0 Å². The Balaban J connectivity index is 1.61. The maximum Gasteiger partial charge on any atom is 0.325 e. The number of anilines is 2. The molecule has 150 valence electrons. The number of aryl methyl sites for hydroxylation is 1. The lowest BCUT2D eigenvalue weighted by Gasteiger charge is -2.31. The molecule has 1 aromatic carbocycles. The van der Waals surface area contributed by atoms with Crippen LogP contribution in [0.25, 0.3) is 0 Å². The van der Waals surface area contributed by atoms with Crippen LogP contribution < -0.4 is 21.1 Å². The highest BCUT2D eigenvalue weighted by atomic mass is 35.5. The first-order valence-corrected chi connectivity index (χ1v) is 10.3. The molecule has 4 N–H and O–H groups in total. The van der Waals surface area contributed by atoms with Crippen molar-refractivity contribution >= 4 is 40.9 Å². The third-order valence-electron chi connectivity index (χ3n) is 4.12. The minimum atomic E-state index is -0.452. The SMILES string of the molecule is Cc1cnc(NC(=O)Nc2cc(Cl)ccc2OCC2CN(CN)CCS2)cn1. The lowest BCUT2D eigenvalue weighted by molar-refractivity contribution is 0.245. The van der Waals surface area contributed by atoms with E-state index in [9.17, 15) is 4.79 Å². The first-order chi connectivity index (χ1) is 13.5. The average molecular weight is 423 g/mol. The van der Waals surface area contributed by atoms with E-state index in [0.29, 0.717) is 40.8 Å². The Morgan fingerprint density at radius 3 is 3.00 bits per heavy atom. The van der Waals surface area contributed by atoms with Crippen molar-refractivity contribution in [2.45, 2.75) is 12.2 Å². The smallest absolute Gasteiger partial charge is 0.325 e. The van der Waals surface area contributed by atoms with Crippen molar-refractivity contribution in [2.75, 3.05) is 42.8 Å². The summed E-state index contributed by atoms with van der Waals surface area (Å²) in [6.45, 7) is 4.76. The number of rotatable bonds is 6. The van der Waals surface area contributed by atoms with E-state index in [1.54, 1.807) is 24.4 Å². The number of hydrogen-bond acceptors (Lipinski definition) is 7. The molecule has 8 nitrogen and oxygen atoms in total. The van der Waals surface area contributed by atoms with Crippen molar-refractivity contribution < 1.29 is 9.53 Å². The van der Waals surface area contributed by atoms with Crippen molar-refractivity contribution in [2.24, 2.45) is 5.73 Å². The summed E-state index contributed by atoms with van der Waals surface area (Å²) in [7, 11) is 0. The van der Waals surface area contributed by atoms with Crippen LogP contribution in [0.4, 0.5) is 16.3 Å². The van der Waals surface area contributed by atoms with E-state index in [1.807, 2.05) is 18.7 Å². The third kappa shape index (κ3) is 5.96. The van der Waals surface area contributed by atoms with Gasteiger partial charge in [0, 0.05) is 30.5 Å². The van der Waals surface area contributed by atoms with Crippen LogP contribution in [0.5, 0.6) is 5.75 Å². The Labute approximate surface area is 173 Å². The Morgan fingerprint density at radius 1 is 1.39 bits per heavy atom. The summed E-state index contributed by atoms with van der Waals surface area (Å²) in [6, 6.07) is 4.67. The molecule has 1 unspecified atom stereocenters. The maximum atomic E-state index is 12.3. The van der Waals surface area contributed by atoms with E-state index in [0.717, 1.165) is 24.5 Å². The topological polar surface area (TPSA) is 105 Å². The van der Waals surface area contributed by atoms with Crippen molar-refractivity contribution in [1.29, 1.82) is 0 Å². The Hall–Kier alpha value is -2.07. The Kier molecular flexibility index (Phi) is 7.32. The molecular formula is C18H23ClN6O2S. The first kappa shape index (κ1) is 20.7. The van der Waals surface area contributed by atoms with Crippen LogP contribution in [0.15, 0.2) is 30.6 Å². The number of aromatic nitrogens is 2. The summed E-state index contributed by atoms with van der Waals surface area (Å²) in [4.78, 5) is 22.7. The Morgan fingerprint density at radius 2 is 2.25 bits per heavy atom. The molecule has 1 aromatic heterocycles. The number of thioether (sulfide) groups is 1. The minimum Gasteiger partial charge on any atom is -0.490 e. The molecule has 0 spiro atoms. The highest BCUT2D eigenvalue weighted by Crippen LogP contribution is 2.29. The number of ether oxygens (including phenoxy) is 1. The second kappa shape index (κ2) is 9.92. The summed E-state index contributed by atoms with van der Waals surface area (Å²) in [5.74, 6) is 1.94.